The first-order chi connectivity index (χ1) is 18.3. The summed E-state index contributed by atoms with van der Waals surface area (Å²) in [5.41, 5.74) is 8.73. The summed E-state index contributed by atoms with van der Waals surface area (Å²) in [6, 6.07) is 10.3. The van der Waals surface area contributed by atoms with Gasteiger partial charge in [0.15, 0.2) is 0 Å². The first kappa shape index (κ1) is 26.2. The molecule has 1 saturated carbocycles. The Labute approximate surface area is 230 Å². The van der Waals surface area contributed by atoms with E-state index in [1.807, 2.05) is 12.1 Å². The molecule has 1 amide bonds. The number of benzene rings is 1. The van der Waals surface area contributed by atoms with Crippen LogP contribution in [0.2, 0.25) is 5.02 Å². The summed E-state index contributed by atoms with van der Waals surface area (Å²) in [6.07, 6.45) is 8.92. The number of nitrogens with two attached hydrogens (primary N) is 2. The molecule has 9 nitrogen and oxygen atoms in total. The summed E-state index contributed by atoms with van der Waals surface area (Å²) in [5, 5.41) is 4.79. The van der Waals surface area contributed by atoms with Crippen molar-refractivity contribution in [3.63, 3.8) is 0 Å². The molecule has 1 aliphatic carbocycles. The molecule has 0 saturated heterocycles. The zero-order valence-electron chi connectivity index (χ0n) is 20.7. The van der Waals surface area contributed by atoms with Crippen LogP contribution in [0.5, 0.6) is 0 Å². The van der Waals surface area contributed by atoms with Crippen LogP contribution in [0, 0.1) is 5.92 Å². The average molecular weight is 554 g/mol. The Kier molecular flexibility index (Phi) is 7.69. The number of rotatable bonds is 4. The number of pyridine rings is 1. The van der Waals surface area contributed by atoms with Crippen LogP contribution in [0.25, 0.3) is 11.3 Å². The predicted molar refractivity (Wildman–Crippen MR) is 148 cm³/mol. The van der Waals surface area contributed by atoms with Gasteiger partial charge in [-0.05, 0) is 61.1 Å². The molecule has 38 heavy (non-hydrogen) atoms. The van der Waals surface area contributed by atoms with Crippen LogP contribution in [0.3, 0.4) is 0 Å². The van der Waals surface area contributed by atoms with Crippen molar-refractivity contribution < 1.29 is 4.79 Å². The minimum atomic E-state index is -0.283. The molecule has 3 heterocycles. The monoisotopic (exact) mass is 553 g/mol. The van der Waals surface area contributed by atoms with E-state index in [1.54, 1.807) is 35.3 Å². The standard InChI is InChI=1S/C27H29Cl2N7O2/c28-17-5-6-23(36(31)14-25(29)30)20(11-17)21-13-26(37)35(15-34-21)24-4-2-1-3-8-33-27(38)19-12-18(19)16-7-9-32-22(24)10-16/h5-7,9-11,13-15,18-19,24H,1-4,8,12,30-31H2,(H,33,38)/b25-14-. The van der Waals surface area contributed by atoms with E-state index in [4.69, 9.17) is 34.8 Å². The molecule has 3 aromatic rings. The smallest absolute Gasteiger partial charge is 0.254 e. The number of hydrogen-bond acceptors (Lipinski definition) is 7. The number of fused-ring (bicyclic) bond motifs is 4. The van der Waals surface area contributed by atoms with Gasteiger partial charge in [-0.3, -0.25) is 24.1 Å². The number of carbonyl (C=O) groups excluding carboxylic acids is 1. The minimum absolute atomic E-state index is 0.00220. The lowest BCUT2D eigenvalue weighted by Crippen LogP contribution is -2.27. The molecule has 2 bridgehead atoms. The van der Waals surface area contributed by atoms with Crippen molar-refractivity contribution in [2.45, 2.75) is 44.1 Å². The van der Waals surface area contributed by atoms with Crippen LogP contribution < -0.4 is 27.5 Å². The Bertz CT molecular complexity index is 1440. The third-order valence-electron chi connectivity index (χ3n) is 7.10. The van der Waals surface area contributed by atoms with Gasteiger partial charge in [0.1, 0.15) is 5.16 Å². The fraction of sp³-hybridized carbons (Fsp3) is 0.333. The SMILES string of the molecule is N/C(Cl)=C\N(N)c1ccc(Cl)cc1-c1cc(=O)n(C2CCCCCNC(=O)C3CC3c3ccnc2c3)cn1. The van der Waals surface area contributed by atoms with E-state index in [0.29, 0.717) is 28.5 Å². The lowest BCUT2D eigenvalue weighted by Gasteiger charge is -2.21. The van der Waals surface area contributed by atoms with Crippen LogP contribution in [0.1, 0.15) is 55.3 Å². The van der Waals surface area contributed by atoms with Gasteiger partial charge in [-0.2, -0.15) is 0 Å². The number of hydrazine groups is 1. The number of nitrogens with zero attached hydrogens (tertiary/aromatic N) is 4. The lowest BCUT2D eigenvalue weighted by molar-refractivity contribution is -0.122. The highest BCUT2D eigenvalue weighted by atomic mass is 35.5. The molecule has 11 heteroatoms. The van der Waals surface area contributed by atoms with E-state index in [-0.39, 0.29) is 34.5 Å². The number of aromatic nitrogens is 3. The second kappa shape index (κ2) is 11.1. The number of hydrogen-bond donors (Lipinski definition) is 3. The summed E-state index contributed by atoms with van der Waals surface area (Å²) in [4.78, 5) is 35.2. The molecule has 5 rings (SSSR count). The number of nitrogens with one attached hydrogen (secondary N) is 1. The van der Waals surface area contributed by atoms with Gasteiger partial charge in [0.05, 0.1) is 35.6 Å². The highest BCUT2D eigenvalue weighted by molar-refractivity contribution is 6.31. The van der Waals surface area contributed by atoms with E-state index in [9.17, 15) is 9.59 Å². The maximum Gasteiger partial charge on any atom is 0.254 e. The van der Waals surface area contributed by atoms with Gasteiger partial charge in [0, 0.05) is 35.3 Å². The average Bonchev–Trinajstić information content (AvgIpc) is 3.69. The molecule has 3 unspecified atom stereocenters. The number of carbonyl (C=O) groups is 1. The van der Waals surface area contributed by atoms with Crippen molar-refractivity contribution >= 4 is 34.8 Å². The molecule has 0 spiro atoms. The normalized spacial score (nSPS) is 21.8. The van der Waals surface area contributed by atoms with E-state index in [1.165, 1.54) is 17.3 Å². The van der Waals surface area contributed by atoms with Gasteiger partial charge >= 0.3 is 0 Å². The predicted octanol–water partition coefficient (Wildman–Crippen LogP) is 4.02. The molecule has 198 valence electrons. The third-order valence-corrected chi connectivity index (χ3v) is 7.43. The molecule has 1 aromatic carbocycles. The third kappa shape index (κ3) is 5.70. The Balaban J connectivity index is 1.51. The molecule has 1 aliphatic heterocycles. The van der Waals surface area contributed by atoms with Crippen LogP contribution >= 0.6 is 23.2 Å². The summed E-state index contributed by atoms with van der Waals surface area (Å²) in [6.45, 7) is 0.670. The number of anilines is 1. The van der Waals surface area contributed by atoms with E-state index in [2.05, 4.69) is 15.3 Å². The van der Waals surface area contributed by atoms with Crippen molar-refractivity contribution in [2.75, 3.05) is 11.6 Å². The Morgan fingerprint density at radius 2 is 1.95 bits per heavy atom. The van der Waals surface area contributed by atoms with Crippen LogP contribution in [0.15, 0.2) is 65.1 Å². The van der Waals surface area contributed by atoms with Gasteiger partial charge < -0.3 is 11.1 Å². The van der Waals surface area contributed by atoms with E-state index in [0.717, 1.165) is 43.4 Å². The van der Waals surface area contributed by atoms with Crippen LogP contribution in [-0.2, 0) is 4.79 Å². The maximum atomic E-state index is 13.5. The fourth-order valence-corrected chi connectivity index (χ4v) is 5.35. The molecular weight excluding hydrogens is 525 g/mol. The second-order valence-corrected chi connectivity index (χ2v) is 10.6. The van der Waals surface area contributed by atoms with E-state index >= 15 is 0 Å². The molecular formula is C27H29Cl2N7O2. The van der Waals surface area contributed by atoms with Crippen molar-refractivity contribution in [3.8, 4) is 11.3 Å². The van der Waals surface area contributed by atoms with E-state index < -0.39 is 0 Å². The summed E-state index contributed by atoms with van der Waals surface area (Å²) >= 11 is 12.1. The van der Waals surface area contributed by atoms with Crippen LogP contribution in [0.4, 0.5) is 5.69 Å². The molecule has 3 atom stereocenters. The van der Waals surface area contributed by atoms with Crippen molar-refractivity contribution in [1.82, 2.24) is 19.9 Å². The number of amides is 1. The highest BCUT2D eigenvalue weighted by Gasteiger charge is 2.44. The summed E-state index contributed by atoms with van der Waals surface area (Å²) < 4.78 is 1.63. The molecule has 5 N–H and O–H groups in total. The lowest BCUT2D eigenvalue weighted by atomic mass is 10.0. The van der Waals surface area contributed by atoms with Crippen molar-refractivity contribution in [1.29, 1.82) is 0 Å². The van der Waals surface area contributed by atoms with Crippen molar-refractivity contribution in [3.05, 3.63) is 86.9 Å². The first-order valence-electron chi connectivity index (χ1n) is 12.6. The van der Waals surface area contributed by atoms with Gasteiger partial charge in [-0.15, -0.1) is 0 Å². The highest BCUT2D eigenvalue weighted by Crippen LogP contribution is 2.48. The molecule has 2 aliphatic rings. The maximum absolute atomic E-state index is 13.5. The molecule has 0 radical (unpaired) electrons. The Morgan fingerprint density at radius 3 is 2.74 bits per heavy atom. The largest absolute Gasteiger partial charge is 0.388 e. The zero-order chi connectivity index (χ0) is 26.8. The fourth-order valence-electron chi connectivity index (χ4n) is 5.08. The van der Waals surface area contributed by atoms with Crippen LogP contribution in [-0.4, -0.2) is 27.0 Å². The van der Waals surface area contributed by atoms with Gasteiger partial charge in [0.2, 0.25) is 5.91 Å². The van der Waals surface area contributed by atoms with Gasteiger partial charge in [0.25, 0.3) is 5.56 Å². The van der Waals surface area contributed by atoms with Gasteiger partial charge in [-0.1, -0.05) is 36.0 Å². The molecule has 1 fully saturated rings. The summed E-state index contributed by atoms with van der Waals surface area (Å²) in [5.74, 6) is 6.45. The number of halogens is 2. The zero-order valence-corrected chi connectivity index (χ0v) is 22.2. The Hall–Kier alpha value is -3.40. The topological polar surface area (TPSA) is 132 Å². The van der Waals surface area contributed by atoms with Crippen molar-refractivity contribution in [2.24, 2.45) is 17.5 Å². The second-order valence-electron chi connectivity index (χ2n) is 9.72. The summed E-state index contributed by atoms with van der Waals surface area (Å²) in [7, 11) is 0. The molecule has 2 aromatic heterocycles. The first-order valence-corrected chi connectivity index (χ1v) is 13.4. The Morgan fingerprint density at radius 1 is 1.11 bits per heavy atom. The minimum Gasteiger partial charge on any atom is -0.388 e. The quantitative estimate of drug-likeness (QED) is 0.252. The van der Waals surface area contributed by atoms with Gasteiger partial charge in [-0.25, -0.2) is 10.8 Å².